The van der Waals surface area contributed by atoms with Gasteiger partial charge in [-0.05, 0) is 26.2 Å². The van der Waals surface area contributed by atoms with Crippen molar-refractivity contribution in [1.82, 2.24) is 9.97 Å². The molecule has 20 heavy (non-hydrogen) atoms. The van der Waals surface area contributed by atoms with Crippen LogP contribution in [0, 0.1) is 6.92 Å². The summed E-state index contributed by atoms with van der Waals surface area (Å²) < 4.78 is 5.83. The molecule has 1 aliphatic rings. The molecule has 0 radical (unpaired) electrons. The Kier molecular flexibility index (Phi) is 6.05. The minimum atomic E-state index is 0.478. The fourth-order valence-electron chi connectivity index (χ4n) is 2.46. The van der Waals surface area contributed by atoms with Crippen molar-refractivity contribution in [2.75, 3.05) is 30.3 Å². The van der Waals surface area contributed by atoms with Gasteiger partial charge in [0.25, 0.3) is 0 Å². The summed E-state index contributed by atoms with van der Waals surface area (Å²) in [7, 11) is 0. The molecule has 1 saturated carbocycles. The largest absolute Gasteiger partial charge is 0.376 e. The number of ether oxygens (including phenoxy) is 1. The van der Waals surface area contributed by atoms with Gasteiger partial charge in [-0.2, -0.15) is 0 Å². The van der Waals surface area contributed by atoms with Crippen molar-refractivity contribution in [1.29, 1.82) is 0 Å². The molecule has 0 bridgehead atoms. The molecule has 2 rings (SSSR count). The molecule has 0 amide bonds. The van der Waals surface area contributed by atoms with Crippen LogP contribution in [0.5, 0.6) is 0 Å². The van der Waals surface area contributed by atoms with Crippen LogP contribution in [0.4, 0.5) is 11.6 Å². The van der Waals surface area contributed by atoms with Crippen LogP contribution in [0.3, 0.4) is 0 Å². The molecule has 1 heterocycles. The predicted octanol–water partition coefficient (Wildman–Crippen LogP) is 2.98. The van der Waals surface area contributed by atoms with Crippen LogP contribution < -0.4 is 10.6 Å². The van der Waals surface area contributed by atoms with E-state index in [1.807, 2.05) is 13.0 Å². The van der Waals surface area contributed by atoms with Crippen molar-refractivity contribution in [3.63, 3.8) is 0 Å². The first-order chi connectivity index (χ1) is 9.78. The summed E-state index contributed by atoms with van der Waals surface area (Å²) in [6, 6.07) is 1.96. The Morgan fingerprint density at radius 3 is 2.45 bits per heavy atom. The molecule has 1 aromatic heterocycles. The van der Waals surface area contributed by atoms with E-state index in [-0.39, 0.29) is 0 Å². The van der Waals surface area contributed by atoms with Crippen LogP contribution in [0.15, 0.2) is 6.07 Å². The summed E-state index contributed by atoms with van der Waals surface area (Å²) in [6.07, 6.45) is 6.63. The van der Waals surface area contributed by atoms with Gasteiger partial charge in [0.2, 0.25) is 0 Å². The molecule has 1 aromatic rings. The van der Waals surface area contributed by atoms with Gasteiger partial charge in [0.05, 0.1) is 12.7 Å². The van der Waals surface area contributed by atoms with Gasteiger partial charge in [-0.1, -0.05) is 19.8 Å². The second-order valence-corrected chi connectivity index (χ2v) is 5.32. The smallest absolute Gasteiger partial charge is 0.131 e. The minimum Gasteiger partial charge on any atom is -0.376 e. The molecule has 0 atom stereocenters. The second-order valence-electron chi connectivity index (χ2n) is 5.32. The SMILES string of the molecule is CCCNc1cc(NCCOC2CCCC2)nc(C)n1. The maximum Gasteiger partial charge on any atom is 0.131 e. The number of hydrogen-bond donors (Lipinski definition) is 2. The van der Waals surface area contributed by atoms with E-state index in [1.54, 1.807) is 0 Å². The lowest BCUT2D eigenvalue weighted by Gasteiger charge is -2.12. The number of nitrogens with one attached hydrogen (secondary N) is 2. The van der Waals surface area contributed by atoms with Crippen molar-refractivity contribution in [3.8, 4) is 0 Å². The first-order valence-corrected chi connectivity index (χ1v) is 7.73. The molecule has 1 aliphatic carbocycles. The van der Waals surface area contributed by atoms with Gasteiger partial charge in [0.1, 0.15) is 17.5 Å². The van der Waals surface area contributed by atoms with Crippen molar-refractivity contribution >= 4 is 11.6 Å². The minimum absolute atomic E-state index is 0.478. The zero-order chi connectivity index (χ0) is 14.2. The molecule has 5 nitrogen and oxygen atoms in total. The predicted molar refractivity (Wildman–Crippen MR) is 82.2 cm³/mol. The third-order valence-corrected chi connectivity index (χ3v) is 3.46. The van der Waals surface area contributed by atoms with Gasteiger partial charge in [-0.25, -0.2) is 9.97 Å². The third-order valence-electron chi connectivity index (χ3n) is 3.46. The summed E-state index contributed by atoms with van der Waals surface area (Å²) in [4.78, 5) is 8.76. The fraction of sp³-hybridized carbons (Fsp3) is 0.733. The Morgan fingerprint density at radius 2 is 1.80 bits per heavy atom. The van der Waals surface area contributed by atoms with Gasteiger partial charge < -0.3 is 15.4 Å². The lowest BCUT2D eigenvalue weighted by Crippen LogP contribution is -2.16. The number of anilines is 2. The molecule has 5 heteroatoms. The van der Waals surface area contributed by atoms with Crippen LogP contribution >= 0.6 is 0 Å². The highest BCUT2D eigenvalue weighted by atomic mass is 16.5. The van der Waals surface area contributed by atoms with Gasteiger partial charge >= 0.3 is 0 Å². The van der Waals surface area contributed by atoms with Crippen molar-refractivity contribution in [2.24, 2.45) is 0 Å². The number of hydrogen-bond acceptors (Lipinski definition) is 5. The molecular weight excluding hydrogens is 252 g/mol. The molecule has 0 aliphatic heterocycles. The van der Waals surface area contributed by atoms with Crippen LogP contribution in [0.25, 0.3) is 0 Å². The van der Waals surface area contributed by atoms with Gasteiger partial charge in [-0.15, -0.1) is 0 Å². The van der Waals surface area contributed by atoms with E-state index in [9.17, 15) is 0 Å². The number of nitrogens with zero attached hydrogens (tertiary/aromatic N) is 2. The van der Waals surface area contributed by atoms with E-state index < -0.39 is 0 Å². The number of aromatic nitrogens is 2. The first kappa shape index (κ1) is 15.0. The molecule has 0 aromatic carbocycles. The Hall–Kier alpha value is -1.36. The maximum atomic E-state index is 5.83. The van der Waals surface area contributed by atoms with E-state index in [0.717, 1.165) is 43.6 Å². The lowest BCUT2D eigenvalue weighted by molar-refractivity contribution is 0.0658. The third kappa shape index (κ3) is 4.96. The summed E-state index contributed by atoms with van der Waals surface area (Å²) in [5.41, 5.74) is 0. The summed E-state index contributed by atoms with van der Waals surface area (Å²) in [5.74, 6) is 2.54. The number of rotatable bonds is 8. The van der Waals surface area contributed by atoms with Crippen LogP contribution in [0.1, 0.15) is 44.9 Å². The Balaban J connectivity index is 1.74. The van der Waals surface area contributed by atoms with E-state index in [1.165, 1.54) is 25.7 Å². The van der Waals surface area contributed by atoms with E-state index in [4.69, 9.17) is 4.74 Å². The standard InChI is InChI=1S/C15H26N4O/c1-3-8-16-14-11-15(19-12(2)18-14)17-9-10-20-13-6-4-5-7-13/h11,13H,3-10H2,1-2H3,(H2,16,17,18,19). The average molecular weight is 278 g/mol. The Bertz CT molecular complexity index is 405. The van der Waals surface area contributed by atoms with Crippen molar-refractivity contribution < 1.29 is 4.74 Å². The van der Waals surface area contributed by atoms with Crippen LogP contribution in [0.2, 0.25) is 0 Å². The van der Waals surface area contributed by atoms with Crippen molar-refractivity contribution in [2.45, 2.75) is 52.1 Å². The Morgan fingerprint density at radius 1 is 1.15 bits per heavy atom. The molecule has 1 fully saturated rings. The molecule has 0 spiro atoms. The summed E-state index contributed by atoms with van der Waals surface area (Å²) in [5, 5.41) is 6.60. The van der Waals surface area contributed by atoms with Gasteiger partial charge in [0.15, 0.2) is 0 Å². The van der Waals surface area contributed by atoms with E-state index in [0.29, 0.717) is 6.10 Å². The molecule has 0 unspecified atom stereocenters. The monoisotopic (exact) mass is 278 g/mol. The van der Waals surface area contributed by atoms with Gasteiger partial charge in [-0.3, -0.25) is 0 Å². The molecule has 2 N–H and O–H groups in total. The summed E-state index contributed by atoms with van der Waals surface area (Å²) in [6.45, 7) is 6.52. The highest BCUT2D eigenvalue weighted by Gasteiger charge is 2.14. The Labute approximate surface area is 121 Å². The van der Waals surface area contributed by atoms with Gasteiger partial charge in [0, 0.05) is 19.2 Å². The fourth-order valence-corrected chi connectivity index (χ4v) is 2.46. The highest BCUT2D eigenvalue weighted by molar-refractivity contribution is 5.47. The van der Waals surface area contributed by atoms with Crippen LogP contribution in [-0.2, 0) is 4.74 Å². The quantitative estimate of drug-likeness (QED) is 0.716. The molecule has 0 saturated heterocycles. The number of aryl methyl sites for hydroxylation is 1. The summed E-state index contributed by atoms with van der Waals surface area (Å²) >= 11 is 0. The van der Waals surface area contributed by atoms with Crippen LogP contribution in [-0.4, -0.2) is 35.8 Å². The molecule has 112 valence electrons. The zero-order valence-corrected chi connectivity index (χ0v) is 12.6. The van der Waals surface area contributed by atoms with Crippen molar-refractivity contribution in [3.05, 3.63) is 11.9 Å². The topological polar surface area (TPSA) is 59.1 Å². The average Bonchev–Trinajstić information content (AvgIpc) is 2.94. The zero-order valence-electron chi connectivity index (χ0n) is 12.6. The second kappa shape index (κ2) is 8.04. The normalized spacial score (nSPS) is 15.5. The highest BCUT2D eigenvalue weighted by Crippen LogP contribution is 2.20. The van der Waals surface area contributed by atoms with E-state index in [2.05, 4.69) is 27.5 Å². The van der Waals surface area contributed by atoms with E-state index >= 15 is 0 Å². The lowest BCUT2D eigenvalue weighted by atomic mass is 10.3. The first-order valence-electron chi connectivity index (χ1n) is 7.73. The molecular formula is C15H26N4O. The maximum absolute atomic E-state index is 5.83.